The molecule has 2 aromatic carbocycles. The molecule has 1 aliphatic heterocycles. The molecule has 0 aliphatic carbocycles. The van der Waals surface area contributed by atoms with Crippen LogP contribution >= 0.6 is 0 Å². The average Bonchev–Trinajstić information content (AvgIpc) is 3.11. The van der Waals surface area contributed by atoms with Gasteiger partial charge in [0.15, 0.2) is 0 Å². The zero-order chi connectivity index (χ0) is 25.4. The van der Waals surface area contributed by atoms with Crippen LogP contribution in [-0.2, 0) is 16.1 Å². The molecule has 0 saturated heterocycles. The highest BCUT2D eigenvalue weighted by molar-refractivity contribution is 6.00. The first kappa shape index (κ1) is 25.5. The Bertz CT molecular complexity index is 1100. The lowest BCUT2D eigenvalue weighted by molar-refractivity contribution is -0.253. The molecule has 3 rings (SSSR count). The molecule has 2 atom stereocenters. The monoisotopic (exact) mass is 483 g/mol. The summed E-state index contributed by atoms with van der Waals surface area (Å²) >= 11 is 0. The zero-order valence-electron chi connectivity index (χ0n) is 19.1. The number of cyclic esters (lactones) is 1. The second-order valence-electron chi connectivity index (χ2n) is 8.56. The summed E-state index contributed by atoms with van der Waals surface area (Å²) in [5.74, 6) is -4.21. The Morgan fingerprint density at radius 3 is 2.50 bits per heavy atom. The van der Waals surface area contributed by atoms with Crippen LogP contribution in [0.4, 0.5) is 23.2 Å². The van der Waals surface area contributed by atoms with Crippen LogP contribution in [0.3, 0.4) is 0 Å². The van der Waals surface area contributed by atoms with E-state index in [2.05, 4.69) is 0 Å². The Hall–Kier alpha value is -3.14. The minimum absolute atomic E-state index is 0.0344. The summed E-state index contributed by atoms with van der Waals surface area (Å²) in [4.78, 5) is 25.3. The van der Waals surface area contributed by atoms with Gasteiger partial charge < -0.3 is 19.5 Å². The summed E-state index contributed by atoms with van der Waals surface area (Å²) in [6, 6.07) is 7.84. The molecule has 1 amide bonds. The van der Waals surface area contributed by atoms with Crippen molar-refractivity contribution < 1.29 is 41.7 Å². The Morgan fingerprint density at radius 2 is 1.88 bits per heavy atom. The number of alkyl halides is 3. The van der Waals surface area contributed by atoms with Crippen LogP contribution in [0.15, 0.2) is 36.4 Å². The minimum Gasteiger partial charge on any atom is -0.491 e. The second kappa shape index (κ2) is 9.25. The number of hydrogen-bond donors (Lipinski definition) is 1. The number of aliphatic hydroxyl groups is 1. The molecule has 2 aromatic rings. The molecule has 184 valence electrons. The van der Waals surface area contributed by atoms with E-state index in [9.17, 15) is 32.3 Å². The number of carbonyl (C=O) groups is 2. The molecule has 1 heterocycles. The van der Waals surface area contributed by atoms with Crippen molar-refractivity contribution in [3.63, 3.8) is 0 Å². The number of anilines is 1. The van der Waals surface area contributed by atoms with E-state index in [-0.39, 0.29) is 35.3 Å². The third kappa shape index (κ3) is 4.72. The van der Waals surface area contributed by atoms with E-state index in [1.165, 1.54) is 37.3 Å². The van der Waals surface area contributed by atoms with Gasteiger partial charge in [0.25, 0.3) is 5.91 Å². The molecule has 0 aromatic heterocycles. The van der Waals surface area contributed by atoms with Crippen LogP contribution in [0.2, 0.25) is 0 Å². The van der Waals surface area contributed by atoms with Crippen molar-refractivity contribution >= 4 is 17.6 Å². The van der Waals surface area contributed by atoms with Gasteiger partial charge in [-0.15, -0.1) is 0 Å². The van der Waals surface area contributed by atoms with Gasteiger partial charge in [-0.05, 0) is 50.1 Å². The Kier molecular flexibility index (Phi) is 6.93. The summed E-state index contributed by atoms with van der Waals surface area (Å²) in [5, 5.41) is 10.7. The van der Waals surface area contributed by atoms with Crippen molar-refractivity contribution in [2.45, 2.75) is 57.6 Å². The molecule has 6 nitrogen and oxygen atoms in total. The summed E-state index contributed by atoms with van der Waals surface area (Å²) in [6.45, 7) is 4.57. The molecular formula is C24H25F4NO5. The predicted octanol–water partition coefficient (Wildman–Crippen LogP) is 4.73. The van der Waals surface area contributed by atoms with Crippen molar-refractivity contribution in [2.24, 2.45) is 0 Å². The molecule has 0 fully saturated rings. The van der Waals surface area contributed by atoms with Gasteiger partial charge in [-0.3, -0.25) is 4.79 Å². The van der Waals surface area contributed by atoms with Gasteiger partial charge in [-0.25, -0.2) is 9.18 Å². The van der Waals surface area contributed by atoms with Crippen LogP contribution < -0.4 is 9.64 Å². The van der Waals surface area contributed by atoms with E-state index in [1.54, 1.807) is 13.8 Å². The number of likely N-dealkylation sites (N-methyl/N-ethyl adjacent to an activating group) is 1. The van der Waals surface area contributed by atoms with Gasteiger partial charge in [-0.2, -0.15) is 13.2 Å². The normalized spacial score (nSPS) is 16.0. The molecule has 0 spiro atoms. The van der Waals surface area contributed by atoms with Gasteiger partial charge in [0.1, 0.15) is 18.2 Å². The average molecular weight is 483 g/mol. The largest absolute Gasteiger partial charge is 0.491 e. The SMILES string of the molecule is CC(C)Oc1cccc(F)c1C(C)CC(O)(C(=O)N(C)c1ccc2c(c1)COC2=O)C(F)(F)F. The van der Waals surface area contributed by atoms with Crippen LogP contribution in [0, 0.1) is 5.82 Å². The highest BCUT2D eigenvalue weighted by Gasteiger charge is 2.61. The van der Waals surface area contributed by atoms with Crippen molar-refractivity contribution in [1.82, 2.24) is 0 Å². The quantitative estimate of drug-likeness (QED) is 0.455. The topological polar surface area (TPSA) is 76.1 Å². The van der Waals surface area contributed by atoms with Crippen molar-refractivity contribution in [3.8, 4) is 5.75 Å². The fraction of sp³-hybridized carbons (Fsp3) is 0.417. The first-order chi connectivity index (χ1) is 15.8. The lowest BCUT2D eigenvalue weighted by Crippen LogP contribution is -2.58. The number of esters is 1. The molecule has 1 N–H and O–H groups in total. The third-order valence-corrected chi connectivity index (χ3v) is 5.65. The first-order valence-electron chi connectivity index (χ1n) is 10.6. The number of carbonyl (C=O) groups excluding carboxylic acids is 2. The Labute approximate surface area is 194 Å². The minimum atomic E-state index is -5.35. The van der Waals surface area contributed by atoms with Gasteiger partial charge in [-0.1, -0.05) is 13.0 Å². The first-order valence-corrected chi connectivity index (χ1v) is 10.6. The number of halogens is 4. The molecular weight excluding hydrogens is 458 g/mol. The van der Waals surface area contributed by atoms with Crippen LogP contribution in [0.5, 0.6) is 5.75 Å². The fourth-order valence-electron chi connectivity index (χ4n) is 3.94. The van der Waals surface area contributed by atoms with Gasteiger partial charge in [0, 0.05) is 30.3 Å². The van der Waals surface area contributed by atoms with Gasteiger partial charge in [0.2, 0.25) is 5.60 Å². The summed E-state index contributed by atoms with van der Waals surface area (Å²) < 4.78 is 67.3. The van der Waals surface area contributed by atoms with E-state index in [0.29, 0.717) is 10.5 Å². The van der Waals surface area contributed by atoms with E-state index < -0.39 is 41.8 Å². The number of amides is 1. The van der Waals surface area contributed by atoms with Crippen molar-refractivity contribution in [1.29, 1.82) is 0 Å². The van der Waals surface area contributed by atoms with E-state index in [1.807, 2.05) is 0 Å². The fourth-order valence-corrected chi connectivity index (χ4v) is 3.94. The molecule has 0 radical (unpaired) electrons. The van der Waals surface area contributed by atoms with E-state index in [4.69, 9.17) is 9.47 Å². The lowest BCUT2D eigenvalue weighted by Gasteiger charge is -2.35. The molecule has 2 unspecified atom stereocenters. The zero-order valence-corrected chi connectivity index (χ0v) is 19.1. The van der Waals surface area contributed by atoms with Gasteiger partial charge in [0.05, 0.1) is 11.7 Å². The maximum atomic E-state index is 14.6. The number of hydrogen-bond acceptors (Lipinski definition) is 5. The number of fused-ring (bicyclic) bond motifs is 1. The van der Waals surface area contributed by atoms with Crippen molar-refractivity contribution in [3.05, 3.63) is 58.9 Å². The maximum Gasteiger partial charge on any atom is 0.426 e. The summed E-state index contributed by atoms with van der Waals surface area (Å²) in [6.07, 6.45) is -6.87. The maximum absolute atomic E-state index is 14.6. The molecule has 34 heavy (non-hydrogen) atoms. The molecule has 10 heteroatoms. The van der Waals surface area contributed by atoms with E-state index in [0.717, 1.165) is 13.1 Å². The number of benzene rings is 2. The highest BCUT2D eigenvalue weighted by atomic mass is 19.4. The number of nitrogens with zero attached hydrogens (tertiary/aromatic N) is 1. The van der Waals surface area contributed by atoms with Crippen LogP contribution in [0.1, 0.15) is 54.6 Å². The lowest BCUT2D eigenvalue weighted by atomic mass is 9.84. The van der Waals surface area contributed by atoms with Crippen molar-refractivity contribution in [2.75, 3.05) is 11.9 Å². The number of ether oxygens (including phenoxy) is 2. The Morgan fingerprint density at radius 1 is 1.21 bits per heavy atom. The second-order valence-corrected chi connectivity index (χ2v) is 8.56. The van der Waals surface area contributed by atoms with Crippen LogP contribution in [-0.4, -0.2) is 41.9 Å². The highest BCUT2D eigenvalue weighted by Crippen LogP contribution is 2.42. The third-order valence-electron chi connectivity index (χ3n) is 5.65. The molecule has 1 aliphatic rings. The predicted molar refractivity (Wildman–Crippen MR) is 115 cm³/mol. The van der Waals surface area contributed by atoms with Crippen LogP contribution in [0.25, 0.3) is 0 Å². The summed E-state index contributed by atoms with van der Waals surface area (Å²) in [5.41, 5.74) is -3.28. The molecule has 0 bridgehead atoms. The summed E-state index contributed by atoms with van der Waals surface area (Å²) in [7, 11) is 1.08. The standard InChI is InChI=1S/C24H25F4NO5/c1-13(2)34-19-7-5-6-18(25)20(19)14(3)11-23(32,24(26,27)28)22(31)29(4)16-8-9-17-15(10-16)12-33-21(17)30/h5-10,13-14,32H,11-12H2,1-4H3. The molecule has 0 saturated carbocycles. The van der Waals surface area contributed by atoms with E-state index >= 15 is 0 Å². The number of rotatable bonds is 7. The van der Waals surface area contributed by atoms with Gasteiger partial charge >= 0.3 is 12.1 Å². The smallest absolute Gasteiger partial charge is 0.426 e. The Balaban J connectivity index is 1.95.